The predicted octanol–water partition coefficient (Wildman–Crippen LogP) is 1.56. The van der Waals surface area contributed by atoms with E-state index in [9.17, 15) is 4.79 Å². The van der Waals surface area contributed by atoms with Gasteiger partial charge in [-0.25, -0.2) is 4.79 Å². The van der Waals surface area contributed by atoms with Crippen LogP contribution in [0.3, 0.4) is 0 Å². The Morgan fingerprint density at radius 3 is 2.26 bits per heavy atom. The molecule has 1 aliphatic heterocycles. The van der Waals surface area contributed by atoms with E-state index in [1.54, 1.807) is 0 Å². The maximum atomic E-state index is 12.3. The third-order valence-electron chi connectivity index (χ3n) is 6.14. The Hall–Kier alpha value is -0.770. The van der Waals surface area contributed by atoms with Crippen LogP contribution in [0.1, 0.15) is 38.5 Å². The van der Waals surface area contributed by atoms with Gasteiger partial charge in [0, 0.05) is 24.5 Å². The first-order valence-electron chi connectivity index (χ1n) is 7.94. The third kappa shape index (κ3) is 1.79. The van der Waals surface area contributed by atoms with Crippen molar-refractivity contribution in [2.75, 3.05) is 19.6 Å². The fraction of sp³-hybridized carbons (Fsp3) is 0.933. The minimum atomic E-state index is 0.173. The molecule has 1 saturated heterocycles. The van der Waals surface area contributed by atoms with Crippen LogP contribution in [0.4, 0.5) is 4.79 Å². The number of rotatable bonds is 2. The number of nitrogens with zero attached hydrogens (tertiary/aromatic N) is 1. The van der Waals surface area contributed by atoms with E-state index in [4.69, 9.17) is 5.73 Å². The van der Waals surface area contributed by atoms with Gasteiger partial charge in [0.05, 0.1) is 0 Å². The molecule has 1 atom stereocenters. The van der Waals surface area contributed by atoms with Gasteiger partial charge in [-0.1, -0.05) is 0 Å². The van der Waals surface area contributed by atoms with Crippen molar-refractivity contribution in [3.63, 3.8) is 0 Å². The van der Waals surface area contributed by atoms with Gasteiger partial charge in [0.15, 0.2) is 0 Å². The molecule has 3 N–H and O–H groups in total. The molecule has 0 radical (unpaired) electrons. The zero-order chi connectivity index (χ0) is 13.0. The second-order valence-electron chi connectivity index (χ2n) is 7.54. The van der Waals surface area contributed by atoms with Crippen molar-refractivity contribution >= 4 is 6.03 Å². The molecule has 19 heavy (non-hydrogen) atoms. The number of hydrogen-bond acceptors (Lipinski definition) is 2. The molecule has 4 heteroatoms. The molecule has 5 fully saturated rings. The maximum absolute atomic E-state index is 12.3. The van der Waals surface area contributed by atoms with E-state index in [-0.39, 0.29) is 11.6 Å². The Kier molecular flexibility index (Phi) is 2.60. The van der Waals surface area contributed by atoms with Gasteiger partial charge < -0.3 is 16.0 Å². The number of urea groups is 1. The van der Waals surface area contributed by atoms with Crippen LogP contribution < -0.4 is 11.1 Å². The molecule has 4 aliphatic carbocycles. The summed E-state index contributed by atoms with van der Waals surface area (Å²) in [6.07, 6.45) is 8.04. The van der Waals surface area contributed by atoms with Crippen molar-refractivity contribution < 1.29 is 4.79 Å². The molecule has 0 aromatic rings. The zero-order valence-corrected chi connectivity index (χ0v) is 11.6. The number of nitrogens with two attached hydrogens (primary N) is 1. The largest absolute Gasteiger partial charge is 0.338 e. The first kappa shape index (κ1) is 12.0. The Morgan fingerprint density at radius 2 is 1.74 bits per heavy atom. The van der Waals surface area contributed by atoms with E-state index in [1.165, 1.54) is 38.5 Å². The van der Waals surface area contributed by atoms with Crippen LogP contribution in [0.25, 0.3) is 0 Å². The lowest BCUT2D eigenvalue weighted by Gasteiger charge is -2.61. The van der Waals surface area contributed by atoms with Crippen molar-refractivity contribution in [1.82, 2.24) is 10.2 Å². The van der Waals surface area contributed by atoms with Gasteiger partial charge in [-0.05, 0) is 62.8 Å². The first-order chi connectivity index (χ1) is 9.18. The average Bonchev–Trinajstić information content (AvgIpc) is 2.37. The molecule has 5 rings (SSSR count). The number of hydrogen-bond donors (Lipinski definition) is 2. The van der Waals surface area contributed by atoms with E-state index in [0.29, 0.717) is 12.5 Å². The van der Waals surface area contributed by atoms with Gasteiger partial charge in [0.1, 0.15) is 0 Å². The Balaban J connectivity index is 1.61. The summed E-state index contributed by atoms with van der Waals surface area (Å²) < 4.78 is 0. The molecule has 106 valence electrons. The molecule has 1 unspecified atom stereocenters. The molecule has 4 bridgehead atoms. The Bertz CT molecular complexity index is 360. The second-order valence-corrected chi connectivity index (χ2v) is 7.54. The number of amides is 2. The molecule has 0 aromatic carbocycles. The average molecular weight is 263 g/mol. The summed E-state index contributed by atoms with van der Waals surface area (Å²) in [4.78, 5) is 14.5. The minimum Gasteiger partial charge on any atom is -0.338 e. The molecule has 4 saturated carbocycles. The fourth-order valence-electron chi connectivity index (χ4n) is 5.70. The van der Waals surface area contributed by atoms with Gasteiger partial charge in [-0.15, -0.1) is 0 Å². The fourth-order valence-corrected chi connectivity index (χ4v) is 5.70. The first-order valence-corrected chi connectivity index (χ1v) is 7.94. The van der Waals surface area contributed by atoms with Crippen LogP contribution in [0.5, 0.6) is 0 Å². The molecule has 0 spiro atoms. The lowest BCUT2D eigenvalue weighted by atomic mass is 9.52. The van der Waals surface area contributed by atoms with E-state index in [1.807, 2.05) is 0 Å². The molecule has 0 aromatic heterocycles. The van der Waals surface area contributed by atoms with Crippen LogP contribution in [0, 0.1) is 23.7 Å². The SMILES string of the molecule is NCC1CNC(=O)N(C23CC4CC(CC(C4)C2)C3)C1. The Morgan fingerprint density at radius 1 is 1.16 bits per heavy atom. The van der Waals surface area contributed by atoms with Crippen molar-refractivity contribution in [2.24, 2.45) is 29.4 Å². The van der Waals surface area contributed by atoms with Crippen molar-refractivity contribution in [1.29, 1.82) is 0 Å². The highest BCUT2D eigenvalue weighted by molar-refractivity contribution is 5.76. The number of carbonyl (C=O) groups is 1. The van der Waals surface area contributed by atoms with Crippen LogP contribution >= 0.6 is 0 Å². The number of carbonyl (C=O) groups excluding carboxylic acids is 1. The van der Waals surface area contributed by atoms with Crippen LogP contribution in [-0.4, -0.2) is 36.1 Å². The summed E-state index contributed by atoms with van der Waals surface area (Å²) in [5.74, 6) is 3.10. The molecule has 4 nitrogen and oxygen atoms in total. The van der Waals surface area contributed by atoms with Gasteiger partial charge in [0.2, 0.25) is 0 Å². The van der Waals surface area contributed by atoms with Crippen molar-refractivity contribution in [2.45, 2.75) is 44.1 Å². The van der Waals surface area contributed by atoms with Gasteiger partial charge in [0.25, 0.3) is 0 Å². The second kappa shape index (κ2) is 4.11. The smallest absolute Gasteiger partial charge is 0.317 e. The lowest BCUT2D eigenvalue weighted by Crippen LogP contribution is -2.67. The molecular formula is C15H25N3O. The van der Waals surface area contributed by atoms with Crippen molar-refractivity contribution in [3.05, 3.63) is 0 Å². The molecule has 5 aliphatic rings. The van der Waals surface area contributed by atoms with Crippen LogP contribution in [0.2, 0.25) is 0 Å². The quantitative estimate of drug-likeness (QED) is 0.794. The number of nitrogens with one attached hydrogen (secondary N) is 1. The highest BCUT2D eigenvalue weighted by atomic mass is 16.2. The monoisotopic (exact) mass is 263 g/mol. The van der Waals surface area contributed by atoms with Crippen LogP contribution in [0.15, 0.2) is 0 Å². The van der Waals surface area contributed by atoms with Gasteiger partial charge >= 0.3 is 6.03 Å². The summed E-state index contributed by atoms with van der Waals surface area (Å²) >= 11 is 0. The maximum Gasteiger partial charge on any atom is 0.317 e. The zero-order valence-electron chi connectivity index (χ0n) is 11.6. The predicted molar refractivity (Wildman–Crippen MR) is 73.6 cm³/mol. The summed E-state index contributed by atoms with van der Waals surface area (Å²) in [6.45, 7) is 2.33. The summed E-state index contributed by atoms with van der Waals surface area (Å²) in [5.41, 5.74) is 6.01. The topological polar surface area (TPSA) is 58.4 Å². The summed E-state index contributed by atoms with van der Waals surface area (Å²) in [5, 5.41) is 3.07. The normalized spacial score (nSPS) is 48.5. The van der Waals surface area contributed by atoms with Crippen molar-refractivity contribution in [3.8, 4) is 0 Å². The Labute approximate surface area is 115 Å². The molecule has 1 heterocycles. The molecular weight excluding hydrogens is 238 g/mol. The molecule has 2 amide bonds. The third-order valence-corrected chi connectivity index (χ3v) is 6.14. The lowest BCUT2D eigenvalue weighted by molar-refractivity contribution is -0.0774. The standard InChI is InChI=1S/C15H25N3O/c16-7-13-8-17-14(19)18(9-13)15-4-10-1-11(5-15)3-12(2-10)6-15/h10-13H,1-9,16H2,(H,17,19). The summed E-state index contributed by atoms with van der Waals surface area (Å²) in [6, 6.07) is 0.173. The van der Waals surface area contributed by atoms with Crippen LogP contribution in [-0.2, 0) is 0 Å². The van der Waals surface area contributed by atoms with Gasteiger partial charge in [-0.3, -0.25) is 0 Å². The van der Waals surface area contributed by atoms with E-state index in [0.717, 1.165) is 30.8 Å². The summed E-state index contributed by atoms with van der Waals surface area (Å²) in [7, 11) is 0. The van der Waals surface area contributed by atoms with Gasteiger partial charge in [-0.2, -0.15) is 0 Å². The van der Waals surface area contributed by atoms with E-state index in [2.05, 4.69) is 10.2 Å². The minimum absolute atomic E-state index is 0.173. The highest BCUT2D eigenvalue weighted by Crippen LogP contribution is 2.58. The highest BCUT2D eigenvalue weighted by Gasteiger charge is 2.55. The van der Waals surface area contributed by atoms with E-state index < -0.39 is 0 Å². The van der Waals surface area contributed by atoms with E-state index >= 15 is 0 Å².